The monoisotopic (exact) mass is 528 g/mol. The van der Waals surface area contributed by atoms with Crippen LogP contribution in [0.3, 0.4) is 0 Å². The van der Waals surface area contributed by atoms with Crippen molar-refractivity contribution in [1.29, 1.82) is 0 Å². The Kier molecular flexibility index (Phi) is 7.03. The van der Waals surface area contributed by atoms with Crippen LogP contribution in [0.15, 0.2) is 60.8 Å². The SMILES string of the molecule is Cc1ncc(NC(=O)c2ccc3c(c2)OCCO3)cc1NC(=O)c1ccc2nc(OCC(C)(C)O)ccc2c1. The Balaban J connectivity index is 1.28. The van der Waals surface area contributed by atoms with Gasteiger partial charge < -0.3 is 30.0 Å². The lowest BCUT2D eigenvalue weighted by molar-refractivity contribution is 0.0269. The first-order valence-electron chi connectivity index (χ1n) is 12.4. The van der Waals surface area contributed by atoms with Gasteiger partial charge in [-0.15, -0.1) is 0 Å². The van der Waals surface area contributed by atoms with Gasteiger partial charge in [0, 0.05) is 22.6 Å². The van der Waals surface area contributed by atoms with Gasteiger partial charge in [0.25, 0.3) is 11.8 Å². The molecule has 0 atom stereocenters. The first kappa shape index (κ1) is 25.9. The van der Waals surface area contributed by atoms with Crippen LogP contribution in [-0.4, -0.2) is 52.3 Å². The van der Waals surface area contributed by atoms with E-state index in [0.717, 1.165) is 5.39 Å². The fourth-order valence-electron chi connectivity index (χ4n) is 3.89. The van der Waals surface area contributed by atoms with Crippen molar-refractivity contribution in [3.8, 4) is 17.4 Å². The standard InChI is InChI=1S/C29H28N4O6/c1-17-23(14-21(15-30-17)31-27(34)20-5-8-24-25(13-20)38-11-10-37-24)33-28(35)19-4-7-22-18(12-19)6-9-26(32-22)39-16-29(2,3)36/h4-9,12-15,36H,10-11,16H2,1-3H3,(H,31,34)(H,33,35). The number of carbonyl (C=O) groups is 2. The fourth-order valence-corrected chi connectivity index (χ4v) is 3.89. The summed E-state index contributed by atoms with van der Waals surface area (Å²) in [5, 5.41) is 16.3. The number of amides is 2. The lowest BCUT2D eigenvalue weighted by Gasteiger charge is -2.18. The van der Waals surface area contributed by atoms with Gasteiger partial charge in [0.15, 0.2) is 11.5 Å². The Labute approximate surface area is 225 Å². The average molecular weight is 529 g/mol. The molecule has 0 fully saturated rings. The smallest absolute Gasteiger partial charge is 0.255 e. The Morgan fingerprint density at radius 2 is 1.67 bits per heavy atom. The van der Waals surface area contributed by atoms with E-state index in [2.05, 4.69) is 20.6 Å². The van der Waals surface area contributed by atoms with Gasteiger partial charge in [0.05, 0.1) is 34.4 Å². The van der Waals surface area contributed by atoms with Crippen molar-refractivity contribution in [3.63, 3.8) is 0 Å². The van der Waals surface area contributed by atoms with Crippen LogP contribution >= 0.6 is 0 Å². The summed E-state index contributed by atoms with van der Waals surface area (Å²) in [6.45, 7) is 6.07. The molecule has 4 aromatic rings. The number of pyridine rings is 2. The van der Waals surface area contributed by atoms with Crippen LogP contribution in [-0.2, 0) is 0 Å². The van der Waals surface area contributed by atoms with E-state index >= 15 is 0 Å². The van der Waals surface area contributed by atoms with Crippen LogP contribution in [0.2, 0.25) is 0 Å². The molecule has 1 aliphatic rings. The van der Waals surface area contributed by atoms with E-state index in [1.54, 1.807) is 75.4 Å². The number of rotatable bonds is 7. The van der Waals surface area contributed by atoms with Crippen LogP contribution in [0.5, 0.6) is 17.4 Å². The summed E-state index contributed by atoms with van der Waals surface area (Å²) < 4.78 is 16.6. The summed E-state index contributed by atoms with van der Waals surface area (Å²) in [5.41, 5.74) is 2.00. The Morgan fingerprint density at radius 1 is 0.949 bits per heavy atom. The van der Waals surface area contributed by atoms with Gasteiger partial charge in [-0.1, -0.05) is 0 Å². The van der Waals surface area contributed by atoms with Crippen molar-refractivity contribution in [2.45, 2.75) is 26.4 Å². The third-order valence-electron chi connectivity index (χ3n) is 5.90. The Hall–Kier alpha value is -4.70. The molecule has 2 amide bonds. The molecular formula is C29H28N4O6. The largest absolute Gasteiger partial charge is 0.486 e. The lowest BCUT2D eigenvalue weighted by atomic mass is 10.1. The molecule has 39 heavy (non-hydrogen) atoms. The van der Waals surface area contributed by atoms with Crippen LogP contribution in [0.4, 0.5) is 11.4 Å². The van der Waals surface area contributed by atoms with Gasteiger partial charge in [0.1, 0.15) is 19.8 Å². The van der Waals surface area contributed by atoms with E-state index in [0.29, 0.717) is 64.3 Å². The number of nitrogens with zero attached hydrogens (tertiary/aromatic N) is 2. The van der Waals surface area contributed by atoms with Gasteiger partial charge in [0.2, 0.25) is 5.88 Å². The minimum absolute atomic E-state index is 0.107. The molecule has 1 aliphatic heterocycles. The quantitative estimate of drug-likeness (QED) is 0.322. The predicted octanol–water partition coefficient (Wildman–Crippen LogP) is 4.36. The summed E-state index contributed by atoms with van der Waals surface area (Å²) in [6, 6.07) is 15.3. The molecule has 5 rings (SSSR count). The highest BCUT2D eigenvalue weighted by atomic mass is 16.6. The topological polar surface area (TPSA) is 132 Å². The van der Waals surface area contributed by atoms with Gasteiger partial charge in [-0.2, -0.15) is 0 Å². The van der Waals surface area contributed by atoms with E-state index in [9.17, 15) is 14.7 Å². The minimum Gasteiger partial charge on any atom is -0.486 e. The second kappa shape index (κ2) is 10.6. The molecule has 2 aromatic carbocycles. The second-order valence-corrected chi connectivity index (χ2v) is 9.78. The summed E-state index contributed by atoms with van der Waals surface area (Å²) in [5.74, 6) is 0.831. The number of anilines is 2. The maximum atomic E-state index is 13.1. The van der Waals surface area contributed by atoms with E-state index in [1.165, 1.54) is 6.20 Å². The van der Waals surface area contributed by atoms with Crippen molar-refractivity contribution < 1.29 is 28.9 Å². The second-order valence-electron chi connectivity index (χ2n) is 9.78. The summed E-state index contributed by atoms with van der Waals surface area (Å²) in [7, 11) is 0. The third kappa shape index (κ3) is 6.24. The summed E-state index contributed by atoms with van der Waals surface area (Å²) in [4.78, 5) is 34.6. The first-order valence-corrected chi connectivity index (χ1v) is 12.4. The molecule has 0 bridgehead atoms. The number of ether oxygens (including phenoxy) is 3. The summed E-state index contributed by atoms with van der Waals surface area (Å²) >= 11 is 0. The van der Waals surface area contributed by atoms with Crippen LogP contribution in [0.1, 0.15) is 40.3 Å². The molecule has 3 N–H and O–H groups in total. The number of aliphatic hydroxyl groups is 1. The van der Waals surface area contributed by atoms with Crippen molar-refractivity contribution >= 4 is 34.1 Å². The number of carbonyl (C=O) groups excluding carboxylic acids is 2. The number of aryl methyl sites for hydroxylation is 1. The van der Waals surface area contributed by atoms with Crippen LogP contribution < -0.4 is 24.8 Å². The third-order valence-corrected chi connectivity index (χ3v) is 5.90. The average Bonchev–Trinajstić information content (AvgIpc) is 2.92. The molecule has 0 unspecified atom stereocenters. The maximum Gasteiger partial charge on any atom is 0.255 e. The Bertz CT molecular complexity index is 1560. The zero-order valence-electron chi connectivity index (χ0n) is 21.8. The number of benzene rings is 2. The molecule has 2 aromatic heterocycles. The molecule has 10 heteroatoms. The minimum atomic E-state index is -0.975. The van der Waals surface area contributed by atoms with Crippen molar-refractivity contribution in [2.75, 3.05) is 30.5 Å². The van der Waals surface area contributed by atoms with Crippen LogP contribution in [0, 0.1) is 6.92 Å². The number of fused-ring (bicyclic) bond motifs is 2. The highest BCUT2D eigenvalue weighted by Crippen LogP contribution is 2.31. The van der Waals surface area contributed by atoms with Gasteiger partial charge in [-0.05, 0) is 69.3 Å². The van der Waals surface area contributed by atoms with Gasteiger partial charge in [-0.3, -0.25) is 14.6 Å². The van der Waals surface area contributed by atoms with Crippen molar-refractivity contribution in [3.05, 3.63) is 77.6 Å². The molecule has 0 spiro atoms. The lowest BCUT2D eigenvalue weighted by Crippen LogP contribution is -2.28. The number of hydrogen-bond donors (Lipinski definition) is 3. The van der Waals surface area contributed by atoms with Crippen molar-refractivity contribution in [1.82, 2.24) is 9.97 Å². The molecule has 0 radical (unpaired) electrons. The predicted molar refractivity (Wildman–Crippen MR) is 146 cm³/mol. The highest BCUT2D eigenvalue weighted by Gasteiger charge is 2.17. The number of aromatic nitrogens is 2. The normalized spacial score (nSPS) is 12.6. The van der Waals surface area contributed by atoms with E-state index < -0.39 is 5.60 Å². The molecule has 0 saturated heterocycles. The molecule has 3 heterocycles. The van der Waals surface area contributed by atoms with E-state index in [4.69, 9.17) is 14.2 Å². The first-order chi connectivity index (χ1) is 18.6. The van der Waals surface area contributed by atoms with E-state index in [1.807, 2.05) is 0 Å². The number of nitrogens with one attached hydrogen (secondary N) is 2. The maximum absolute atomic E-state index is 13.1. The van der Waals surface area contributed by atoms with Crippen molar-refractivity contribution in [2.24, 2.45) is 0 Å². The number of hydrogen-bond acceptors (Lipinski definition) is 8. The molecule has 200 valence electrons. The zero-order valence-corrected chi connectivity index (χ0v) is 21.8. The molecule has 0 saturated carbocycles. The van der Waals surface area contributed by atoms with Gasteiger partial charge >= 0.3 is 0 Å². The summed E-state index contributed by atoms with van der Waals surface area (Å²) in [6.07, 6.45) is 1.53. The molecule has 10 nitrogen and oxygen atoms in total. The highest BCUT2D eigenvalue weighted by molar-refractivity contribution is 6.07. The fraction of sp³-hybridized carbons (Fsp3) is 0.241. The molecule has 0 aliphatic carbocycles. The van der Waals surface area contributed by atoms with E-state index in [-0.39, 0.29) is 18.4 Å². The van der Waals surface area contributed by atoms with Gasteiger partial charge in [-0.25, -0.2) is 4.98 Å². The Morgan fingerprint density at radius 3 is 2.46 bits per heavy atom. The molecular weight excluding hydrogens is 500 g/mol. The zero-order chi connectivity index (χ0) is 27.6. The van der Waals surface area contributed by atoms with Crippen LogP contribution in [0.25, 0.3) is 10.9 Å².